The molecule has 4 nitrogen and oxygen atoms in total. The number of rotatable bonds is 6. The Morgan fingerprint density at radius 3 is 2.50 bits per heavy atom. The minimum Gasteiger partial charge on any atom is -0.493 e. The average molecular weight is 326 g/mol. The smallest absolute Gasteiger partial charge is 0.161 e. The van der Waals surface area contributed by atoms with Crippen molar-refractivity contribution in [2.45, 2.75) is 50.0 Å². The number of nitrogens with zero attached hydrogens (tertiary/aromatic N) is 2. The molecular weight excluding hydrogens is 300 g/mol. The molecule has 0 bridgehead atoms. The molecule has 1 aliphatic heterocycles. The summed E-state index contributed by atoms with van der Waals surface area (Å²) in [5, 5.41) is 9.94. The fourth-order valence-electron chi connectivity index (χ4n) is 3.75. The highest BCUT2D eigenvalue weighted by Gasteiger charge is 2.40. The van der Waals surface area contributed by atoms with Crippen LogP contribution >= 0.6 is 0 Å². The van der Waals surface area contributed by atoms with Crippen LogP contribution in [0.2, 0.25) is 0 Å². The topological polar surface area (TPSA) is 45.5 Å². The third-order valence-corrected chi connectivity index (χ3v) is 5.82. The van der Waals surface area contributed by atoms with Gasteiger partial charge in [-0.05, 0) is 62.1 Å². The van der Waals surface area contributed by atoms with Crippen molar-refractivity contribution in [3.8, 4) is 17.6 Å². The first-order valence-corrected chi connectivity index (χ1v) is 9.21. The average Bonchev–Trinajstić information content (AvgIpc) is 3.53. The van der Waals surface area contributed by atoms with Gasteiger partial charge in [0.1, 0.15) is 0 Å². The lowest BCUT2D eigenvalue weighted by atomic mass is 9.74. The number of hydrogen-bond donors (Lipinski definition) is 0. The zero-order valence-electron chi connectivity index (χ0n) is 14.5. The zero-order chi connectivity index (χ0) is 16.6. The van der Waals surface area contributed by atoms with Gasteiger partial charge >= 0.3 is 0 Å². The van der Waals surface area contributed by atoms with Crippen LogP contribution in [-0.2, 0) is 5.41 Å². The number of likely N-dealkylation sites (tertiary alicyclic amines) is 1. The largest absolute Gasteiger partial charge is 0.493 e. The fraction of sp³-hybridized carbons (Fsp3) is 0.650. The molecule has 3 fully saturated rings. The zero-order valence-corrected chi connectivity index (χ0v) is 14.5. The van der Waals surface area contributed by atoms with Gasteiger partial charge in [-0.3, -0.25) is 0 Å². The van der Waals surface area contributed by atoms with Crippen LogP contribution in [0.5, 0.6) is 11.5 Å². The van der Waals surface area contributed by atoms with E-state index < -0.39 is 0 Å². The third-order valence-electron chi connectivity index (χ3n) is 5.82. The van der Waals surface area contributed by atoms with Gasteiger partial charge in [0.15, 0.2) is 11.5 Å². The molecule has 1 aromatic carbocycles. The van der Waals surface area contributed by atoms with Crippen LogP contribution in [0.4, 0.5) is 0 Å². The molecule has 24 heavy (non-hydrogen) atoms. The maximum absolute atomic E-state index is 9.94. The Kier molecular flexibility index (Phi) is 4.14. The SMILES string of the molecule is COc1ccc(C2(C#N)CCN(C3CC3)CC2)cc1OCC1CC1. The highest BCUT2D eigenvalue weighted by molar-refractivity contribution is 5.47. The van der Waals surface area contributed by atoms with Crippen LogP contribution in [-0.4, -0.2) is 37.7 Å². The minimum absolute atomic E-state index is 0.380. The first-order chi connectivity index (χ1) is 11.7. The molecule has 0 aromatic heterocycles. The van der Waals surface area contributed by atoms with E-state index in [1.165, 1.54) is 25.7 Å². The van der Waals surface area contributed by atoms with Gasteiger partial charge in [0.2, 0.25) is 0 Å². The molecule has 0 atom stereocenters. The molecule has 0 amide bonds. The van der Waals surface area contributed by atoms with E-state index in [1.54, 1.807) is 7.11 Å². The van der Waals surface area contributed by atoms with Crippen molar-refractivity contribution in [2.24, 2.45) is 5.92 Å². The molecule has 0 radical (unpaired) electrons. The first-order valence-electron chi connectivity index (χ1n) is 9.21. The lowest BCUT2D eigenvalue weighted by molar-refractivity contribution is 0.177. The highest BCUT2D eigenvalue weighted by atomic mass is 16.5. The van der Waals surface area contributed by atoms with Crippen LogP contribution in [0, 0.1) is 17.2 Å². The molecule has 2 aliphatic carbocycles. The van der Waals surface area contributed by atoms with Gasteiger partial charge in [0.05, 0.1) is 25.2 Å². The first kappa shape index (κ1) is 15.8. The molecule has 1 aromatic rings. The van der Waals surface area contributed by atoms with Crippen molar-refractivity contribution in [1.29, 1.82) is 5.26 Å². The van der Waals surface area contributed by atoms with E-state index in [0.29, 0.717) is 5.92 Å². The van der Waals surface area contributed by atoms with Crippen molar-refractivity contribution in [1.82, 2.24) is 4.90 Å². The Morgan fingerprint density at radius 1 is 1.17 bits per heavy atom. The van der Waals surface area contributed by atoms with Gasteiger partial charge in [-0.15, -0.1) is 0 Å². The van der Waals surface area contributed by atoms with E-state index in [1.807, 2.05) is 6.07 Å². The predicted molar refractivity (Wildman–Crippen MR) is 92.3 cm³/mol. The Hall–Kier alpha value is -1.73. The predicted octanol–water partition coefficient (Wildman–Crippen LogP) is 3.50. The highest BCUT2D eigenvalue weighted by Crippen LogP contribution is 2.42. The van der Waals surface area contributed by atoms with Crippen LogP contribution in [0.15, 0.2) is 18.2 Å². The number of benzene rings is 1. The molecule has 0 unspecified atom stereocenters. The summed E-state index contributed by atoms with van der Waals surface area (Å²) in [6.07, 6.45) is 7.02. The van der Waals surface area contributed by atoms with Gasteiger partial charge in [0, 0.05) is 19.1 Å². The van der Waals surface area contributed by atoms with Gasteiger partial charge in [-0.25, -0.2) is 0 Å². The van der Waals surface area contributed by atoms with Crippen LogP contribution in [0.3, 0.4) is 0 Å². The lowest BCUT2D eigenvalue weighted by Gasteiger charge is -2.38. The monoisotopic (exact) mass is 326 g/mol. The molecule has 4 heteroatoms. The molecule has 4 rings (SSSR count). The standard InChI is InChI=1S/C20H26N2O2/c1-23-18-7-4-16(12-19(18)24-13-15-2-3-15)20(14-21)8-10-22(11-9-20)17-5-6-17/h4,7,12,15,17H,2-3,5-6,8-11,13H2,1H3. The molecule has 1 heterocycles. The Bertz CT molecular complexity index is 636. The molecule has 0 spiro atoms. The quantitative estimate of drug-likeness (QED) is 0.802. The van der Waals surface area contributed by atoms with E-state index in [2.05, 4.69) is 23.1 Å². The molecule has 2 saturated carbocycles. The maximum Gasteiger partial charge on any atom is 0.161 e. The van der Waals surface area contributed by atoms with Crippen molar-refractivity contribution in [3.63, 3.8) is 0 Å². The van der Waals surface area contributed by atoms with Crippen molar-refractivity contribution in [2.75, 3.05) is 26.8 Å². The Labute approximate surface area is 144 Å². The maximum atomic E-state index is 9.94. The van der Waals surface area contributed by atoms with E-state index in [-0.39, 0.29) is 5.41 Å². The van der Waals surface area contributed by atoms with Crippen molar-refractivity contribution >= 4 is 0 Å². The van der Waals surface area contributed by atoms with Gasteiger partial charge in [-0.1, -0.05) is 6.07 Å². The molecule has 1 saturated heterocycles. The second kappa shape index (κ2) is 6.29. The second-order valence-corrected chi connectivity index (χ2v) is 7.58. The van der Waals surface area contributed by atoms with Crippen LogP contribution < -0.4 is 9.47 Å². The summed E-state index contributed by atoms with van der Waals surface area (Å²) in [5.74, 6) is 2.26. The van der Waals surface area contributed by atoms with Crippen LogP contribution in [0.1, 0.15) is 44.1 Å². The molecule has 0 N–H and O–H groups in total. The lowest BCUT2D eigenvalue weighted by Crippen LogP contribution is -2.42. The van der Waals surface area contributed by atoms with Crippen molar-refractivity contribution < 1.29 is 9.47 Å². The summed E-state index contributed by atoms with van der Waals surface area (Å²) in [7, 11) is 1.67. The number of ether oxygens (including phenoxy) is 2. The second-order valence-electron chi connectivity index (χ2n) is 7.58. The minimum atomic E-state index is -0.380. The Balaban J connectivity index is 1.54. The van der Waals surface area contributed by atoms with Gasteiger partial charge in [-0.2, -0.15) is 5.26 Å². The molecule has 3 aliphatic rings. The van der Waals surface area contributed by atoms with E-state index in [9.17, 15) is 5.26 Å². The van der Waals surface area contributed by atoms with Crippen molar-refractivity contribution in [3.05, 3.63) is 23.8 Å². The summed E-state index contributed by atoms with van der Waals surface area (Å²) in [5.41, 5.74) is 0.710. The Morgan fingerprint density at radius 2 is 1.92 bits per heavy atom. The van der Waals surface area contributed by atoms with E-state index in [0.717, 1.165) is 55.6 Å². The summed E-state index contributed by atoms with van der Waals surface area (Å²) in [4.78, 5) is 2.56. The van der Waals surface area contributed by atoms with Crippen LogP contribution in [0.25, 0.3) is 0 Å². The number of piperidine rings is 1. The normalized spacial score (nSPS) is 23.5. The number of methoxy groups -OCH3 is 1. The summed E-state index contributed by atoms with van der Waals surface area (Å²) >= 11 is 0. The van der Waals surface area contributed by atoms with Gasteiger partial charge < -0.3 is 14.4 Å². The summed E-state index contributed by atoms with van der Waals surface area (Å²) < 4.78 is 11.4. The fourth-order valence-corrected chi connectivity index (χ4v) is 3.75. The summed E-state index contributed by atoms with van der Waals surface area (Å²) in [6.45, 7) is 2.82. The van der Waals surface area contributed by atoms with E-state index in [4.69, 9.17) is 9.47 Å². The third kappa shape index (κ3) is 3.10. The number of nitriles is 1. The molecule has 128 valence electrons. The number of hydrogen-bond acceptors (Lipinski definition) is 4. The summed E-state index contributed by atoms with van der Waals surface area (Å²) in [6, 6.07) is 9.49. The van der Waals surface area contributed by atoms with E-state index >= 15 is 0 Å². The van der Waals surface area contributed by atoms with Gasteiger partial charge in [0.25, 0.3) is 0 Å². The molecular formula is C20H26N2O2.